The Bertz CT molecular complexity index is 1580. The molecule has 0 aromatic rings. The SMILES string of the molecule is CC[C@H]1[C@H](C)O[C@](O)([C@@H](C)[C@H](O)[C@H](C)[C@H]2OC(=O)/C=C/C=C/[C@H](C)[C@@H]([C@H](C)[C@@H](O)[C@H](C)C(=O)/C=C/[C@H](CC)C(C)O)OC(=O)/C=C/C=C/[C@@H]2C)C[C@@H]1O[C@H]1C[C@@H](O)[C@@H](O)[C@@H](C)O1. The van der Waals surface area contributed by atoms with Gasteiger partial charge in [-0.15, -0.1) is 0 Å². The highest BCUT2D eigenvalue weighted by molar-refractivity contribution is 5.92. The number of hydrogen-bond acceptors (Lipinski definition) is 14. The van der Waals surface area contributed by atoms with E-state index in [1.165, 1.54) is 30.4 Å². The molecule has 20 atom stereocenters. The number of aliphatic hydroxyl groups is 6. The zero-order chi connectivity index (χ0) is 46.6. The molecular formula is C48H76O14. The van der Waals surface area contributed by atoms with Crippen LogP contribution in [0, 0.1) is 47.3 Å². The second kappa shape index (κ2) is 24.3. The lowest BCUT2D eigenvalue weighted by Gasteiger charge is -2.50. The molecule has 0 bridgehead atoms. The Morgan fingerprint density at radius 2 is 1.37 bits per heavy atom. The van der Waals surface area contributed by atoms with E-state index in [0.29, 0.717) is 12.8 Å². The van der Waals surface area contributed by atoms with Gasteiger partial charge in [-0.05, 0) is 39.7 Å². The highest BCUT2D eigenvalue weighted by Gasteiger charge is 2.52. The van der Waals surface area contributed by atoms with Gasteiger partial charge < -0.3 is 54.3 Å². The van der Waals surface area contributed by atoms with Crippen LogP contribution in [0.1, 0.15) is 102 Å². The summed E-state index contributed by atoms with van der Waals surface area (Å²) in [6, 6.07) is 0. The van der Waals surface area contributed by atoms with Gasteiger partial charge in [-0.1, -0.05) is 97.9 Å². The Balaban J connectivity index is 1.80. The van der Waals surface area contributed by atoms with Gasteiger partial charge in [0.1, 0.15) is 18.3 Å². The van der Waals surface area contributed by atoms with Gasteiger partial charge in [-0.25, -0.2) is 9.59 Å². The molecular weight excluding hydrogens is 801 g/mol. The number of hydrogen-bond donors (Lipinski definition) is 6. The topological polar surface area (TPSA) is 219 Å². The summed E-state index contributed by atoms with van der Waals surface area (Å²) >= 11 is 0. The van der Waals surface area contributed by atoms with E-state index in [1.807, 2.05) is 20.8 Å². The summed E-state index contributed by atoms with van der Waals surface area (Å²) in [7, 11) is 0. The Hall–Kier alpha value is -3.05. The quantitative estimate of drug-likeness (QED) is 0.0955. The minimum atomic E-state index is -1.86. The largest absolute Gasteiger partial charge is 0.458 e. The second-order valence-electron chi connectivity index (χ2n) is 18.0. The number of cyclic esters (lactones) is 2. The third-order valence-corrected chi connectivity index (χ3v) is 13.4. The number of ether oxygens (including phenoxy) is 5. The summed E-state index contributed by atoms with van der Waals surface area (Å²) in [4.78, 5) is 39.5. The fourth-order valence-corrected chi connectivity index (χ4v) is 8.99. The highest BCUT2D eigenvalue weighted by atomic mass is 16.7. The van der Waals surface area contributed by atoms with Crippen LogP contribution in [0.2, 0.25) is 0 Å². The molecule has 3 aliphatic heterocycles. The average Bonchev–Trinajstić information content (AvgIpc) is 3.21. The van der Waals surface area contributed by atoms with E-state index in [0.717, 1.165) is 0 Å². The molecule has 6 N–H and O–H groups in total. The molecule has 2 fully saturated rings. The molecule has 14 heteroatoms. The van der Waals surface area contributed by atoms with Crippen LogP contribution in [0.5, 0.6) is 0 Å². The molecule has 0 saturated carbocycles. The minimum absolute atomic E-state index is 0.0146. The molecule has 62 heavy (non-hydrogen) atoms. The number of ketones is 1. The monoisotopic (exact) mass is 877 g/mol. The molecule has 0 aromatic heterocycles. The molecule has 352 valence electrons. The summed E-state index contributed by atoms with van der Waals surface area (Å²) in [6.45, 7) is 19.3. The van der Waals surface area contributed by atoms with Gasteiger partial charge in [0.25, 0.3) is 0 Å². The van der Waals surface area contributed by atoms with Gasteiger partial charge >= 0.3 is 11.9 Å². The van der Waals surface area contributed by atoms with Crippen LogP contribution in [0.15, 0.2) is 60.8 Å². The minimum Gasteiger partial charge on any atom is -0.458 e. The second-order valence-corrected chi connectivity index (χ2v) is 18.0. The third-order valence-electron chi connectivity index (χ3n) is 13.4. The van der Waals surface area contributed by atoms with Crippen molar-refractivity contribution in [1.29, 1.82) is 0 Å². The van der Waals surface area contributed by atoms with Crippen molar-refractivity contribution < 1.29 is 68.7 Å². The molecule has 0 amide bonds. The first-order valence-electron chi connectivity index (χ1n) is 22.5. The lowest BCUT2D eigenvalue weighted by Crippen LogP contribution is -2.59. The molecule has 0 aromatic carbocycles. The van der Waals surface area contributed by atoms with Gasteiger partial charge in [0.05, 0.1) is 42.7 Å². The van der Waals surface area contributed by atoms with Crippen LogP contribution in [-0.2, 0) is 38.1 Å². The number of esters is 2. The maximum absolute atomic E-state index is 13.3. The van der Waals surface area contributed by atoms with Crippen molar-refractivity contribution in [2.75, 3.05) is 0 Å². The summed E-state index contributed by atoms with van der Waals surface area (Å²) in [5.41, 5.74) is 0. The number of carbonyl (C=O) groups excluding carboxylic acids is 3. The molecule has 0 aliphatic carbocycles. The fraction of sp³-hybridized carbons (Fsp3) is 0.729. The van der Waals surface area contributed by atoms with Gasteiger partial charge in [-0.2, -0.15) is 0 Å². The van der Waals surface area contributed by atoms with Crippen molar-refractivity contribution in [1.82, 2.24) is 0 Å². The molecule has 3 rings (SSSR count). The van der Waals surface area contributed by atoms with Crippen LogP contribution >= 0.6 is 0 Å². The van der Waals surface area contributed by atoms with Gasteiger partial charge in [-0.3, -0.25) is 4.79 Å². The van der Waals surface area contributed by atoms with Crippen molar-refractivity contribution in [3.63, 3.8) is 0 Å². The van der Waals surface area contributed by atoms with Crippen LogP contribution in [-0.4, -0.2) is 121 Å². The first-order chi connectivity index (χ1) is 29.1. The van der Waals surface area contributed by atoms with Crippen LogP contribution in [0.3, 0.4) is 0 Å². The Morgan fingerprint density at radius 1 is 0.839 bits per heavy atom. The zero-order valence-corrected chi connectivity index (χ0v) is 38.5. The van der Waals surface area contributed by atoms with Gasteiger partial charge in [0.15, 0.2) is 17.9 Å². The van der Waals surface area contributed by atoms with Crippen molar-refractivity contribution in [3.8, 4) is 0 Å². The van der Waals surface area contributed by atoms with E-state index in [-0.39, 0.29) is 30.5 Å². The highest BCUT2D eigenvalue weighted by Crippen LogP contribution is 2.43. The zero-order valence-electron chi connectivity index (χ0n) is 38.5. The summed E-state index contributed by atoms with van der Waals surface area (Å²) in [5, 5.41) is 65.8. The van der Waals surface area contributed by atoms with Gasteiger partial charge in [0.2, 0.25) is 0 Å². The molecule has 0 radical (unpaired) electrons. The first-order valence-corrected chi connectivity index (χ1v) is 22.5. The smallest absolute Gasteiger partial charge is 0.331 e. The van der Waals surface area contributed by atoms with Crippen LogP contribution in [0.25, 0.3) is 0 Å². The number of carbonyl (C=O) groups is 3. The Labute approximate surface area is 368 Å². The van der Waals surface area contributed by atoms with Crippen molar-refractivity contribution in [2.24, 2.45) is 47.3 Å². The molecule has 2 saturated heterocycles. The standard InChI is InChI=1S/C48H76O14/c1-12-35(32(9)49)22-23-37(50)28(5)43(54)29(6)46-26(3)18-14-16-21-41(53)61-47(27(4)19-15-17-20-40(52)60-46)30(7)44(55)31(8)48(57)25-39(36(13-2)33(10)62-48)59-42-24-38(51)45(56)34(11)58-42/h14-23,26-36,38-39,42-47,49,51,54-57H,12-13,24-25H2,1-11H3/b18-14+,19-15+,20-17+,21-16+,23-22+/t26-,27-,28+,29+,30-,31-,32?,33-,34+,35-,36-,38+,39-,42-,43-,44+,45-,46-,47-,48-/m0/s1. The number of aliphatic hydroxyl groups excluding tert-OH is 5. The molecule has 1 unspecified atom stereocenters. The predicted molar refractivity (Wildman–Crippen MR) is 233 cm³/mol. The normalized spacial score (nSPS) is 38.9. The van der Waals surface area contributed by atoms with Crippen molar-refractivity contribution in [2.45, 2.75) is 175 Å². The van der Waals surface area contributed by atoms with E-state index in [2.05, 4.69) is 0 Å². The van der Waals surface area contributed by atoms with Crippen LogP contribution < -0.4 is 0 Å². The van der Waals surface area contributed by atoms with Gasteiger partial charge in [0, 0.05) is 72.3 Å². The molecule has 0 spiro atoms. The Kier molecular flexibility index (Phi) is 20.9. The van der Waals surface area contributed by atoms with E-state index in [4.69, 9.17) is 23.7 Å². The molecule has 3 aliphatic rings. The maximum atomic E-state index is 13.3. The summed E-state index contributed by atoms with van der Waals surface area (Å²) in [5.74, 6) is -7.97. The average molecular weight is 877 g/mol. The predicted octanol–water partition coefficient (Wildman–Crippen LogP) is 4.88. The molecule has 14 nitrogen and oxygen atoms in total. The number of allylic oxidation sites excluding steroid dienone is 5. The third kappa shape index (κ3) is 14.2. The van der Waals surface area contributed by atoms with E-state index in [9.17, 15) is 45.0 Å². The maximum Gasteiger partial charge on any atom is 0.331 e. The molecule has 3 heterocycles. The van der Waals surface area contributed by atoms with Crippen LogP contribution in [0.4, 0.5) is 0 Å². The lowest BCUT2D eigenvalue weighted by molar-refractivity contribution is -0.344. The first kappa shape index (κ1) is 53.3. The van der Waals surface area contributed by atoms with Crippen molar-refractivity contribution in [3.05, 3.63) is 60.8 Å². The van der Waals surface area contributed by atoms with E-state index >= 15 is 0 Å². The Morgan fingerprint density at radius 3 is 1.85 bits per heavy atom. The lowest BCUT2D eigenvalue weighted by atomic mass is 9.76. The summed E-state index contributed by atoms with van der Waals surface area (Å²) in [6.07, 6.45) is 7.06. The van der Waals surface area contributed by atoms with E-state index < -0.39 is 121 Å². The fourth-order valence-electron chi connectivity index (χ4n) is 8.99. The van der Waals surface area contributed by atoms with Crippen molar-refractivity contribution >= 4 is 17.7 Å². The van der Waals surface area contributed by atoms with E-state index in [1.54, 1.807) is 85.8 Å². The summed E-state index contributed by atoms with van der Waals surface area (Å²) < 4.78 is 30.3. The number of rotatable bonds is 15.